The van der Waals surface area contributed by atoms with Gasteiger partial charge >= 0.3 is 121 Å². The molecule has 1 aromatic carbocycles. The fraction of sp³-hybridized carbons (Fsp3) is 0.333. The molecule has 0 aliphatic heterocycles. The fourth-order valence-electron chi connectivity index (χ4n) is 2.28. The zero-order valence-electron chi connectivity index (χ0n) is 11.7. The zero-order chi connectivity index (χ0) is 12.3. The van der Waals surface area contributed by atoms with Gasteiger partial charge < -0.3 is 0 Å². The van der Waals surface area contributed by atoms with E-state index >= 15 is 0 Å². The molecule has 0 saturated heterocycles. The molecular formula is C15H21Br3PZr. The summed E-state index contributed by atoms with van der Waals surface area (Å²) in [5, 5.41) is 0. The van der Waals surface area contributed by atoms with Crippen molar-refractivity contribution < 1.29 is 24.7 Å². The molecule has 1 atom stereocenters. The molecule has 1 aromatic rings. The van der Waals surface area contributed by atoms with E-state index in [9.17, 15) is 0 Å². The van der Waals surface area contributed by atoms with Crippen LogP contribution in [0.4, 0.5) is 0 Å². The molecule has 111 valence electrons. The molecule has 0 spiro atoms. The van der Waals surface area contributed by atoms with E-state index in [0.717, 1.165) is 0 Å². The Kier molecular flexibility index (Phi) is 14.2. The van der Waals surface area contributed by atoms with Crippen LogP contribution in [0.2, 0.25) is 0 Å². The second kappa shape index (κ2) is 11.9. The van der Waals surface area contributed by atoms with E-state index in [1.807, 2.05) is 0 Å². The standard InChI is InChI=1S/C15H18P.3BrH.Zr/c1-16(2)12-15(14-10-6-7-11-14)13-8-4-3-5-9-13;;;;/h3-6,8-10,15H,7,12H2,1-2H3;3*1H;. The number of rotatable bonds is 4. The average Bonchev–Trinajstić information content (AvgIpc) is 2.73. The topological polar surface area (TPSA) is 0 Å². The molecular weight excluding hydrogens is 542 g/mol. The van der Waals surface area contributed by atoms with Crippen LogP contribution in [0.15, 0.2) is 51.3 Å². The first-order chi connectivity index (χ1) is 8.18. The quantitative estimate of drug-likeness (QED) is 0.394. The van der Waals surface area contributed by atoms with Crippen LogP contribution in [0.5, 0.6) is 0 Å². The van der Waals surface area contributed by atoms with Gasteiger partial charge in [-0.2, -0.15) is 0 Å². The van der Waals surface area contributed by atoms with Gasteiger partial charge in [-0.05, 0) is 0 Å². The third kappa shape index (κ3) is 6.70. The predicted molar refractivity (Wildman–Crippen MR) is 105 cm³/mol. The van der Waals surface area contributed by atoms with E-state index in [2.05, 4.69) is 55.8 Å². The normalized spacial score (nSPS) is 14.3. The molecule has 0 fully saturated rings. The van der Waals surface area contributed by atoms with Crippen molar-refractivity contribution in [2.45, 2.75) is 12.3 Å². The molecule has 0 heterocycles. The van der Waals surface area contributed by atoms with Crippen LogP contribution >= 0.6 is 58.9 Å². The first kappa shape index (κ1) is 23.7. The zero-order valence-corrected chi connectivity index (χ0v) is 20.2. The van der Waals surface area contributed by atoms with Gasteiger partial charge in [-0.25, -0.2) is 0 Å². The van der Waals surface area contributed by atoms with Gasteiger partial charge in [-0.15, -0.1) is 50.9 Å². The number of hydrogen-bond donors (Lipinski definition) is 0. The Morgan fingerprint density at radius 1 is 1.10 bits per heavy atom. The average molecular weight is 563 g/mol. The number of halogens is 3. The van der Waals surface area contributed by atoms with Crippen LogP contribution in [-0.4, -0.2) is 19.5 Å². The molecule has 0 N–H and O–H groups in total. The van der Waals surface area contributed by atoms with E-state index in [4.69, 9.17) is 0 Å². The summed E-state index contributed by atoms with van der Waals surface area (Å²) in [5.41, 5.74) is 3.09. The van der Waals surface area contributed by atoms with Gasteiger partial charge in [0.1, 0.15) is 0 Å². The van der Waals surface area contributed by atoms with Gasteiger partial charge in [0.15, 0.2) is 0 Å². The van der Waals surface area contributed by atoms with Gasteiger partial charge in [-0.3, -0.25) is 0 Å². The third-order valence-corrected chi connectivity index (χ3v) is 5.40. The summed E-state index contributed by atoms with van der Waals surface area (Å²) in [6, 6.07) is 11.0. The summed E-state index contributed by atoms with van der Waals surface area (Å²) in [6.07, 6.45) is 7.18. The molecule has 0 radical (unpaired) electrons. The molecule has 20 heavy (non-hydrogen) atoms. The van der Waals surface area contributed by atoms with Crippen LogP contribution < -0.4 is 0 Å². The Morgan fingerprint density at radius 3 is 2.15 bits per heavy atom. The van der Waals surface area contributed by atoms with Crippen molar-refractivity contribution >= 4 is 58.9 Å². The molecule has 0 aromatic heterocycles. The fourth-order valence-corrected chi connectivity index (χ4v) is 4.34. The first-order valence-corrected chi connectivity index (χ1v) is 9.64. The SMILES string of the molecule is Br.Br.Br.CP(C)CC(C1=[C]([Zr])CC=C1)c1ccccc1. The number of hydrogen-bond acceptors (Lipinski definition) is 0. The third-order valence-electron chi connectivity index (χ3n) is 3.09. The van der Waals surface area contributed by atoms with E-state index in [-0.39, 0.29) is 58.9 Å². The molecule has 2 rings (SSSR count). The maximum atomic E-state index is 2.38. The number of allylic oxidation sites excluding steroid dienone is 4. The molecule has 1 aliphatic carbocycles. The van der Waals surface area contributed by atoms with Crippen molar-refractivity contribution in [3.05, 3.63) is 56.9 Å². The van der Waals surface area contributed by atoms with Crippen molar-refractivity contribution in [2.24, 2.45) is 0 Å². The maximum absolute atomic E-state index is 2.38. The summed E-state index contributed by atoms with van der Waals surface area (Å²) in [7, 11) is 0.143. The van der Waals surface area contributed by atoms with Crippen LogP contribution in [0.3, 0.4) is 0 Å². The first-order valence-electron chi connectivity index (χ1n) is 5.99. The Hall–Kier alpha value is 1.45. The van der Waals surface area contributed by atoms with Crippen LogP contribution in [0, 0.1) is 0 Å². The summed E-state index contributed by atoms with van der Waals surface area (Å²) >= 11 is 1.59. The molecule has 5 heteroatoms. The van der Waals surface area contributed by atoms with E-state index < -0.39 is 0 Å². The van der Waals surface area contributed by atoms with Crippen molar-refractivity contribution in [2.75, 3.05) is 19.5 Å². The van der Waals surface area contributed by atoms with Gasteiger partial charge in [-0.1, -0.05) is 0 Å². The molecule has 0 nitrogen and oxygen atoms in total. The molecule has 0 bridgehead atoms. The Morgan fingerprint density at radius 2 is 1.70 bits per heavy atom. The Bertz CT molecular complexity index is 444. The van der Waals surface area contributed by atoms with Crippen molar-refractivity contribution in [3.8, 4) is 0 Å². The van der Waals surface area contributed by atoms with Gasteiger partial charge in [0.25, 0.3) is 0 Å². The minimum absolute atomic E-state index is 0. The monoisotopic (exact) mass is 559 g/mol. The van der Waals surface area contributed by atoms with Gasteiger partial charge in [0.05, 0.1) is 0 Å². The molecule has 1 aliphatic rings. The van der Waals surface area contributed by atoms with Gasteiger partial charge in [0, 0.05) is 0 Å². The predicted octanol–water partition coefficient (Wildman–Crippen LogP) is 6.01. The summed E-state index contributed by atoms with van der Waals surface area (Å²) < 4.78 is 1.64. The van der Waals surface area contributed by atoms with E-state index in [1.54, 1.807) is 33.6 Å². The van der Waals surface area contributed by atoms with Crippen molar-refractivity contribution in [3.63, 3.8) is 0 Å². The summed E-state index contributed by atoms with van der Waals surface area (Å²) in [5.74, 6) is 0.630. The van der Waals surface area contributed by atoms with Crippen molar-refractivity contribution in [1.29, 1.82) is 0 Å². The Balaban J connectivity index is 0. The second-order valence-corrected chi connectivity index (χ2v) is 8.77. The summed E-state index contributed by atoms with van der Waals surface area (Å²) in [6.45, 7) is 4.76. The summed E-state index contributed by atoms with van der Waals surface area (Å²) in [4.78, 5) is 0. The Labute approximate surface area is 170 Å². The minimum atomic E-state index is 0. The van der Waals surface area contributed by atoms with E-state index in [1.165, 1.54) is 18.1 Å². The van der Waals surface area contributed by atoms with Crippen molar-refractivity contribution in [1.82, 2.24) is 0 Å². The molecule has 0 amide bonds. The van der Waals surface area contributed by atoms with Gasteiger partial charge in [0.2, 0.25) is 0 Å². The van der Waals surface area contributed by atoms with E-state index in [0.29, 0.717) is 5.92 Å². The molecule has 1 unspecified atom stereocenters. The van der Waals surface area contributed by atoms with Crippen LogP contribution in [0.25, 0.3) is 0 Å². The molecule has 0 saturated carbocycles. The van der Waals surface area contributed by atoms with Crippen LogP contribution in [-0.2, 0) is 24.7 Å². The van der Waals surface area contributed by atoms with Crippen LogP contribution in [0.1, 0.15) is 17.9 Å². The second-order valence-electron chi connectivity index (χ2n) is 4.77. The number of benzene rings is 1.